The van der Waals surface area contributed by atoms with Crippen molar-refractivity contribution in [2.45, 2.75) is 58.8 Å². The molecule has 0 bridgehead atoms. The maximum Gasteiger partial charge on any atom is 0.245 e. The zero-order chi connectivity index (χ0) is 26.1. The highest BCUT2D eigenvalue weighted by Crippen LogP contribution is 2.27. The van der Waals surface area contributed by atoms with Crippen molar-refractivity contribution >= 4 is 17.6 Å². The normalized spacial score (nSPS) is 11.2. The van der Waals surface area contributed by atoms with Gasteiger partial charge in [-0.15, -0.1) is 0 Å². The largest absolute Gasteiger partial charge is 0.497 e. The zero-order valence-corrected chi connectivity index (χ0v) is 22.1. The second kappa shape index (κ2) is 12.4. The topological polar surface area (TPSA) is 76.5 Å². The first kappa shape index (κ1) is 27.0. The van der Waals surface area contributed by atoms with Crippen LogP contribution in [0.2, 0.25) is 0 Å². The lowest BCUT2D eigenvalue weighted by atomic mass is 9.92. The maximum absolute atomic E-state index is 13.2. The Morgan fingerprint density at radius 2 is 1.72 bits per heavy atom. The lowest BCUT2D eigenvalue weighted by molar-refractivity contribution is -0.134. The Kier molecular flexibility index (Phi) is 9.28. The van der Waals surface area contributed by atoms with E-state index in [-0.39, 0.29) is 30.2 Å². The van der Waals surface area contributed by atoms with E-state index in [1.54, 1.807) is 16.7 Å². The van der Waals surface area contributed by atoms with E-state index in [4.69, 9.17) is 9.84 Å². The van der Waals surface area contributed by atoms with E-state index in [2.05, 4.69) is 33.0 Å². The summed E-state index contributed by atoms with van der Waals surface area (Å²) in [6.45, 7) is 8.91. The van der Waals surface area contributed by atoms with Crippen molar-refractivity contribution in [3.63, 3.8) is 0 Å². The average molecular weight is 491 g/mol. The van der Waals surface area contributed by atoms with Crippen LogP contribution in [0, 0.1) is 0 Å². The van der Waals surface area contributed by atoms with Crippen molar-refractivity contribution < 1.29 is 14.3 Å². The highest BCUT2D eigenvalue weighted by Gasteiger charge is 2.23. The van der Waals surface area contributed by atoms with Crippen molar-refractivity contribution in [1.29, 1.82) is 0 Å². The van der Waals surface area contributed by atoms with Crippen LogP contribution in [0.1, 0.15) is 58.2 Å². The van der Waals surface area contributed by atoms with Crippen LogP contribution in [0.15, 0.2) is 60.7 Å². The molecular weight excluding hydrogens is 452 g/mol. The summed E-state index contributed by atoms with van der Waals surface area (Å²) in [5.41, 5.74) is 2.40. The van der Waals surface area contributed by atoms with E-state index in [1.165, 1.54) is 0 Å². The fourth-order valence-corrected chi connectivity index (χ4v) is 3.84. The van der Waals surface area contributed by atoms with Gasteiger partial charge in [0.25, 0.3) is 0 Å². The van der Waals surface area contributed by atoms with Gasteiger partial charge in [-0.05, 0) is 36.2 Å². The molecule has 192 valence electrons. The van der Waals surface area contributed by atoms with Crippen molar-refractivity contribution in [3.8, 4) is 11.4 Å². The summed E-state index contributed by atoms with van der Waals surface area (Å²) >= 11 is 0. The van der Waals surface area contributed by atoms with Crippen molar-refractivity contribution in [1.82, 2.24) is 14.7 Å². The number of benzene rings is 2. The molecule has 0 saturated heterocycles. The zero-order valence-electron chi connectivity index (χ0n) is 22.1. The van der Waals surface area contributed by atoms with Gasteiger partial charge in [0.05, 0.1) is 31.5 Å². The summed E-state index contributed by atoms with van der Waals surface area (Å²) in [5, 5.41) is 7.78. The Bertz CT molecular complexity index is 1130. The minimum atomic E-state index is -0.247. The first-order valence-corrected chi connectivity index (χ1v) is 12.6. The first-order valence-electron chi connectivity index (χ1n) is 12.6. The molecule has 2 aromatic carbocycles. The van der Waals surface area contributed by atoms with Crippen molar-refractivity contribution in [2.24, 2.45) is 0 Å². The smallest absolute Gasteiger partial charge is 0.245 e. The molecule has 3 aromatic rings. The molecule has 3 rings (SSSR count). The molecule has 0 unspecified atom stereocenters. The van der Waals surface area contributed by atoms with Crippen LogP contribution in [0.4, 0.5) is 5.82 Å². The van der Waals surface area contributed by atoms with E-state index in [0.717, 1.165) is 42.0 Å². The number of nitrogens with one attached hydrogen (secondary N) is 1. The van der Waals surface area contributed by atoms with Crippen molar-refractivity contribution in [2.75, 3.05) is 25.5 Å². The number of carbonyl (C=O) groups is 2. The van der Waals surface area contributed by atoms with E-state index >= 15 is 0 Å². The van der Waals surface area contributed by atoms with Crippen LogP contribution in [0.5, 0.6) is 5.75 Å². The molecule has 1 heterocycles. The predicted molar refractivity (Wildman–Crippen MR) is 144 cm³/mol. The maximum atomic E-state index is 13.2. The molecule has 0 radical (unpaired) electrons. The Labute approximate surface area is 214 Å². The van der Waals surface area contributed by atoms with E-state index in [0.29, 0.717) is 12.4 Å². The Hall–Kier alpha value is -3.61. The van der Waals surface area contributed by atoms with Gasteiger partial charge in [-0.2, -0.15) is 5.10 Å². The fraction of sp³-hybridized carbons (Fsp3) is 0.414. The number of hydrogen-bond acceptors (Lipinski definition) is 4. The number of ether oxygens (including phenoxy) is 1. The van der Waals surface area contributed by atoms with Crippen LogP contribution in [-0.4, -0.2) is 46.7 Å². The van der Waals surface area contributed by atoms with Crippen LogP contribution in [-0.2, 0) is 21.4 Å². The summed E-state index contributed by atoms with van der Waals surface area (Å²) in [6, 6.07) is 19.0. The van der Waals surface area contributed by atoms with Gasteiger partial charge in [0, 0.05) is 18.0 Å². The Morgan fingerprint density at radius 3 is 2.33 bits per heavy atom. The second-order valence-electron chi connectivity index (χ2n) is 10.0. The standard InChI is InChI=1S/C29H38N4O3/c1-6-7-11-18-32(28(35)19-22-12-9-8-10-13-22)21-27(34)30-26-20-25(29(2,3)4)31-33(26)23-14-16-24(36-5)17-15-23/h8-10,12-17,20H,6-7,11,18-19,21H2,1-5H3,(H,30,34). The highest BCUT2D eigenvalue weighted by atomic mass is 16.5. The summed E-state index contributed by atoms with van der Waals surface area (Å²) < 4.78 is 7.00. The number of aromatic nitrogens is 2. The molecule has 7 nitrogen and oxygen atoms in total. The molecule has 0 spiro atoms. The van der Waals surface area contributed by atoms with Gasteiger partial charge in [-0.25, -0.2) is 4.68 Å². The van der Waals surface area contributed by atoms with Gasteiger partial charge in [-0.1, -0.05) is 70.9 Å². The quantitative estimate of drug-likeness (QED) is 0.366. The molecule has 0 fully saturated rings. The number of carbonyl (C=O) groups excluding carboxylic acids is 2. The van der Waals surface area contributed by atoms with E-state index in [1.807, 2.05) is 60.7 Å². The van der Waals surface area contributed by atoms with Gasteiger partial charge in [0.1, 0.15) is 11.6 Å². The monoisotopic (exact) mass is 490 g/mol. The molecule has 2 amide bonds. The second-order valence-corrected chi connectivity index (χ2v) is 10.0. The number of methoxy groups -OCH3 is 1. The van der Waals surface area contributed by atoms with Gasteiger partial charge in [-0.3, -0.25) is 9.59 Å². The Balaban J connectivity index is 1.80. The lowest BCUT2D eigenvalue weighted by Crippen LogP contribution is -2.39. The number of anilines is 1. The SMILES string of the molecule is CCCCCN(CC(=O)Nc1cc(C(C)(C)C)nn1-c1ccc(OC)cc1)C(=O)Cc1ccccc1. The average Bonchev–Trinajstić information content (AvgIpc) is 3.28. The minimum Gasteiger partial charge on any atom is -0.497 e. The number of rotatable bonds is 11. The minimum absolute atomic E-state index is 0.00593. The predicted octanol–water partition coefficient (Wildman–Crippen LogP) is 5.38. The first-order chi connectivity index (χ1) is 17.2. The van der Waals surface area contributed by atoms with Gasteiger partial charge >= 0.3 is 0 Å². The van der Waals surface area contributed by atoms with Gasteiger partial charge in [0.15, 0.2) is 0 Å². The lowest BCUT2D eigenvalue weighted by Gasteiger charge is -2.22. The van der Waals surface area contributed by atoms with E-state index in [9.17, 15) is 9.59 Å². The molecule has 0 atom stereocenters. The van der Waals surface area contributed by atoms with Gasteiger partial charge in [0.2, 0.25) is 11.8 Å². The molecule has 36 heavy (non-hydrogen) atoms. The van der Waals surface area contributed by atoms with Gasteiger partial charge < -0.3 is 15.0 Å². The molecule has 1 aromatic heterocycles. The molecule has 0 aliphatic heterocycles. The summed E-state index contributed by atoms with van der Waals surface area (Å²) in [6.07, 6.45) is 3.19. The number of nitrogens with zero attached hydrogens (tertiary/aromatic N) is 3. The number of amides is 2. The third-order valence-electron chi connectivity index (χ3n) is 5.98. The third-order valence-corrected chi connectivity index (χ3v) is 5.98. The molecule has 0 saturated carbocycles. The van der Waals surface area contributed by atoms with Crippen molar-refractivity contribution in [3.05, 3.63) is 71.9 Å². The molecule has 7 heteroatoms. The summed E-state index contributed by atoms with van der Waals surface area (Å²) in [5.74, 6) is 1.01. The number of hydrogen-bond donors (Lipinski definition) is 1. The molecule has 0 aliphatic carbocycles. The third kappa shape index (κ3) is 7.44. The highest BCUT2D eigenvalue weighted by molar-refractivity contribution is 5.94. The van der Waals surface area contributed by atoms with Crippen LogP contribution < -0.4 is 10.1 Å². The van der Waals surface area contributed by atoms with E-state index < -0.39 is 0 Å². The number of unbranched alkanes of at least 4 members (excludes halogenated alkanes) is 2. The molecular formula is C29H38N4O3. The fourth-order valence-electron chi connectivity index (χ4n) is 3.84. The van der Waals surface area contributed by atoms with Crippen LogP contribution in [0.25, 0.3) is 5.69 Å². The summed E-state index contributed by atoms with van der Waals surface area (Å²) in [7, 11) is 1.62. The molecule has 0 aliphatic rings. The van der Waals surface area contributed by atoms with Crippen LogP contribution in [0.3, 0.4) is 0 Å². The summed E-state index contributed by atoms with van der Waals surface area (Å²) in [4.78, 5) is 27.9. The molecule has 1 N–H and O–H groups in total. The van der Waals surface area contributed by atoms with Crippen LogP contribution >= 0.6 is 0 Å². The Morgan fingerprint density at radius 1 is 1.03 bits per heavy atom.